The molecule has 0 bridgehead atoms. The first-order valence-electron chi connectivity index (χ1n) is 5.95. The predicted octanol–water partition coefficient (Wildman–Crippen LogP) is 3.86. The van der Waals surface area contributed by atoms with Gasteiger partial charge in [-0.2, -0.15) is 5.26 Å². The van der Waals surface area contributed by atoms with E-state index >= 15 is 0 Å². The molecule has 1 atom stereocenters. The molecule has 1 N–H and O–H groups in total. The third kappa shape index (κ3) is 3.27. The minimum absolute atomic E-state index is 0.425. The van der Waals surface area contributed by atoms with Gasteiger partial charge >= 0.3 is 0 Å². The Labute approximate surface area is 98.3 Å². The standard InChI is InChI=1S/C14H20N2/c1-4-5-8-12(3)16-14-9-6-7-11(2)13(14)10-15/h6-7,9,12,16H,4-5,8H2,1-3H3. The molecule has 86 valence electrons. The van der Waals surface area contributed by atoms with Gasteiger partial charge in [-0.3, -0.25) is 0 Å². The quantitative estimate of drug-likeness (QED) is 0.811. The molecule has 0 aliphatic heterocycles. The molecule has 2 heteroatoms. The van der Waals surface area contributed by atoms with E-state index in [0.717, 1.165) is 23.2 Å². The highest BCUT2D eigenvalue weighted by atomic mass is 14.9. The number of rotatable bonds is 5. The number of nitrogens with one attached hydrogen (secondary N) is 1. The number of hydrogen-bond donors (Lipinski definition) is 1. The van der Waals surface area contributed by atoms with Crippen molar-refractivity contribution in [3.05, 3.63) is 29.3 Å². The summed E-state index contributed by atoms with van der Waals surface area (Å²) in [5.74, 6) is 0. The summed E-state index contributed by atoms with van der Waals surface area (Å²) >= 11 is 0. The summed E-state index contributed by atoms with van der Waals surface area (Å²) in [7, 11) is 0. The maximum absolute atomic E-state index is 9.10. The fraction of sp³-hybridized carbons (Fsp3) is 0.500. The molecule has 2 nitrogen and oxygen atoms in total. The SMILES string of the molecule is CCCCC(C)Nc1cccc(C)c1C#N. The maximum Gasteiger partial charge on any atom is 0.102 e. The first kappa shape index (κ1) is 12.6. The zero-order valence-electron chi connectivity index (χ0n) is 10.4. The van der Waals surface area contributed by atoms with Crippen LogP contribution in [0.2, 0.25) is 0 Å². The van der Waals surface area contributed by atoms with E-state index in [2.05, 4.69) is 25.2 Å². The molecular formula is C14H20N2. The molecule has 0 saturated carbocycles. The van der Waals surface area contributed by atoms with E-state index in [1.54, 1.807) is 0 Å². The fourth-order valence-electron chi connectivity index (χ4n) is 1.78. The predicted molar refractivity (Wildman–Crippen MR) is 68.5 cm³/mol. The van der Waals surface area contributed by atoms with Gasteiger partial charge in [-0.1, -0.05) is 31.9 Å². The smallest absolute Gasteiger partial charge is 0.102 e. The molecule has 0 spiro atoms. The lowest BCUT2D eigenvalue weighted by Crippen LogP contribution is -2.15. The summed E-state index contributed by atoms with van der Waals surface area (Å²) in [5.41, 5.74) is 2.77. The van der Waals surface area contributed by atoms with E-state index in [0.29, 0.717) is 6.04 Å². The van der Waals surface area contributed by atoms with Crippen LogP contribution in [0.15, 0.2) is 18.2 Å². The van der Waals surface area contributed by atoms with Crippen LogP contribution in [0.5, 0.6) is 0 Å². The Bertz CT molecular complexity index is 377. The lowest BCUT2D eigenvalue weighted by atomic mass is 10.1. The molecule has 1 unspecified atom stereocenters. The Balaban J connectivity index is 2.74. The topological polar surface area (TPSA) is 35.8 Å². The fourth-order valence-corrected chi connectivity index (χ4v) is 1.78. The lowest BCUT2D eigenvalue weighted by molar-refractivity contribution is 0.645. The first-order chi connectivity index (χ1) is 7.69. The molecule has 1 aromatic rings. The summed E-state index contributed by atoms with van der Waals surface area (Å²) in [4.78, 5) is 0. The van der Waals surface area contributed by atoms with Crippen LogP contribution in [-0.2, 0) is 0 Å². The maximum atomic E-state index is 9.10. The summed E-state index contributed by atoms with van der Waals surface area (Å²) in [6.45, 7) is 6.33. The third-order valence-electron chi connectivity index (χ3n) is 2.78. The Morgan fingerprint density at radius 2 is 2.19 bits per heavy atom. The Morgan fingerprint density at radius 3 is 2.81 bits per heavy atom. The molecule has 0 aliphatic carbocycles. The largest absolute Gasteiger partial charge is 0.382 e. The molecule has 1 rings (SSSR count). The van der Waals surface area contributed by atoms with Gasteiger partial charge in [-0.05, 0) is 31.9 Å². The van der Waals surface area contributed by atoms with Crippen LogP contribution in [0.4, 0.5) is 5.69 Å². The van der Waals surface area contributed by atoms with Crippen molar-refractivity contribution in [1.29, 1.82) is 5.26 Å². The van der Waals surface area contributed by atoms with Crippen LogP contribution in [0, 0.1) is 18.3 Å². The van der Waals surface area contributed by atoms with Crippen molar-refractivity contribution in [2.24, 2.45) is 0 Å². The van der Waals surface area contributed by atoms with Gasteiger partial charge in [-0.25, -0.2) is 0 Å². The number of nitrogens with zero attached hydrogens (tertiary/aromatic N) is 1. The third-order valence-corrected chi connectivity index (χ3v) is 2.78. The number of anilines is 1. The second-order valence-corrected chi connectivity index (χ2v) is 4.30. The van der Waals surface area contributed by atoms with Gasteiger partial charge in [0.15, 0.2) is 0 Å². The highest BCUT2D eigenvalue weighted by molar-refractivity contribution is 5.60. The van der Waals surface area contributed by atoms with E-state index in [1.165, 1.54) is 12.8 Å². The molecule has 0 aromatic heterocycles. The molecule has 0 aliphatic rings. The van der Waals surface area contributed by atoms with Crippen LogP contribution in [0.3, 0.4) is 0 Å². The van der Waals surface area contributed by atoms with Crippen molar-refractivity contribution in [3.63, 3.8) is 0 Å². The second kappa shape index (κ2) is 6.17. The highest BCUT2D eigenvalue weighted by Crippen LogP contribution is 2.20. The van der Waals surface area contributed by atoms with Crippen LogP contribution >= 0.6 is 0 Å². The molecule has 0 fully saturated rings. The van der Waals surface area contributed by atoms with Crippen molar-refractivity contribution in [3.8, 4) is 6.07 Å². The number of aryl methyl sites for hydroxylation is 1. The number of unbranched alkanes of at least 4 members (excludes halogenated alkanes) is 1. The molecule has 0 saturated heterocycles. The van der Waals surface area contributed by atoms with Crippen molar-refractivity contribution in [1.82, 2.24) is 0 Å². The number of benzene rings is 1. The van der Waals surface area contributed by atoms with Gasteiger partial charge in [0.25, 0.3) is 0 Å². The van der Waals surface area contributed by atoms with Crippen LogP contribution < -0.4 is 5.32 Å². The van der Waals surface area contributed by atoms with Crippen molar-refractivity contribution >= 4 is 5.69 Å². The van der Waals surface area contributed by atoms with E-state index in [1.807, 2.05) is 25.1 Å². The van der Waals surface area contributed by atoms with Gasteiger partial charge in [-0.15, -0.1) is 0 Å². The van der Waals surface area contributed by atoms with Crippen molar-refractivity contribution < 1.29 is 0 Å². The van der Waals surface area contributed by atoms with E-state index in [-0.39, 0.29) is 0 Å². The van der Waals surface area contributed by atoms with Crippen LogP contribution in [0.25, 0.3) is 0 Å². The molecule has 1 aromatic carbocycles. The lowest BCUT2D eigenvalue weighted by Gasteiger charge is -2.16. The highest BCUT2D eigenvalue weighted by Gasteiger charge is 2.07. The molecule has 16 heavy (non-hydrogen) atoms. The van der Waals surface area contributed by atoms with Gasteiger partial charge in [0.2, 0.25) is 0 Å². The van der Waals surface area contributed by atoms with Crippen LogP contribution in [-0.4, -0.2) is 6.04 Å². The zero-order chi connectivity index (χ0) is 12.0. The zero-order valence-corrected chi connectivity index (χ0v) is 10.4. The number of nitriles is 1. The van der Waals surface area contributed by atoms with E-state index < -0.39 is 0 Å². The normalized spacial score (nSPS) is 11.9. The summed E-state index contributed by atoms with van der Waals surface area (Å²) in [6, 6.07) is 8.63. The van der Waals surface area contributed by atoms with Gasteiger partial charge in [0.05, 0.1) is 11.3 Å². The molecular weight excluding hydrogens is 196 g/mol. The van der Waals surface area contributed by atoms with E-state index in [4.69, 9.17) is 5.26 Å². The summed E-state index contributed by atoms with van der Waals surface area (Å²) in [6.07, 6.45) is 3.59. The molecule has 0 radical (unpaired) electrons. The Morgan fingerprint density at radius 1 is 1.44 bits per heavy atom. The first-order valence-corrected chi connectivity index (χ1v) is 5.95. The van der Waals surface area contributed by atoms with Crippen molar-refractivity contribution in [2.75, 3.05) is 5.32 Å². The molecule has 0 heterocycles. The summed E-state index contributed by atoms with van der Waals surface area (Å²) < 4.78 is 0. The van der Waals surface area contributed by atoms with Gasteiger partial charge in [0.1, 0.15) is 6.07 Å². The summed E-state index contributed by atoms with van der Waals surface area (Å²) in [5, 5.41) is 12.5. The Kier molecular flexibility index (Phi) is 4.85. The minimum atomic E-state index is 0.425. The second-order valence-electron chi connectivity index (χ2n) is 4.30. The van der Waals surface area contributed by atoms with Crippen molar-refractivity contribution in [2.45, 2.75) is 46.1 Å². The average molecular weight is 216 g/mol. The van der Waals surface area contributed by atoms with Gasteiger partial charge in [0, 0.05) is 6.04 Å². The minimum Gasteiger partial charge on any atom is -0.382 e. The van der Waals surface area contributed by atoms with Crippen LogP contribution in [0.1, 0.15) is 44.2 Å². The number of hydrogen-bond acceptors (Lipinski definition) is 2. The Hall–Kier alpha value is -1.49. The monoisotopic (exact) mass is 216 g/mol. The average Bonchev–Trinajstić information content (AvgIpc) is 2.27. The molecule has 0 amide bonds. The van der Waals surface area contributed by atoms with E-state index in [9.17, 15) is 0 Å². The van der Waals surface area contributed by atoms with Gasteiger partial charge < -0.3 is 5.32 Å².